The number of fused-ring (bicyclic) bond motifs is 1. The summed E-state index contributed by atoms with van der Waals surface area (Å²) in [5.41, 5.74) is 0.519. The van der Waals surface area contributed by atoms with Gasteiger partial charge in [0.1, 0.15) is 11.6 Å². The lowest BCUT2D eigenvalue weighted by Crippen LogP contribution is -2.17. The molecule has 0 amide bonds. The molecule has 10 heteroatoms. The summed E-state index contributed by atoms with van der Waals surface area (Å²) in [6.07, 6.45) is -4.78. The molecule has 0 radical (unpaired) electrons. The summed E-state index contributed by atoms with van der Waals surface area (Å²) in [6.45, 7) is 0. The summed E-state index contributed by atoms with van der Waals surface area (Å²) in [4.78, 5) is 15.2. The molecule has 0 aliphatic heterocycles. The highest BCUT2D eigenvalue weighted by Crippen LogP contribution is 2.27. The number of aromatic carboxylic acids is 1. The predicted octanol–water partition coefficient (Wildman–Crippen LogP) is 4.05. The van der Waals surface area contributed by atoms with Gasteiger partial charge in [0.25, 0.3) is 0 Å². The van der Waals surface area contributed by atoms with E-state index in [9.17, 15) is 22.4 Å². The third-order valence-corrected chi connectivity index (χ3v) is 3.54. The first-order valence-electron chi connectivity index (χ1n) is 7.16. The van der Waals surface area contributed by atoms with Crippen molar-refractivity contribution in [2.75, 3.05) is 5.32 Å². The smallest absolute Gasteiger partial charge is 0.478 e. The molecule has 0 aliphatic carbocycles. The third-order valence-electron chi connectivity index (χ3n) is 3.54. The number of anilines is 2. The standard InChI is InChI=1S/C16H11F4N3O3/c1-23-13-7-11(17)10(14(24)25)6-12(13)22-15(23)21-8-2-4-9(5-3-8)26-16(18,19)20/h2-7H,1H3,(H,21,22)(H,24,25). The summed E-state index contributed by atoms with van der Waals surface area (Å²) in [5, 5.41) is 11.8. The number of hydrogen-bond acceptors (Lipinski definition) is 4. The summed E-state index contributed by atoms with van der Waals surface area (Å²) >= 11 is 0. The Hall–Kier alpha value is -3.30. The van der Waals surface area contributed by atoms with Gasteiger partial charge in [0.15, 0.2) is 0 Å². The Morgan fingerprint density at radius 1 is 1.23 bits per heavy atom. The van der Waals surface area contributed by atoms with Crippen molar-refractivity contribution in [3.63, 3.8) is 0 Å². The topological polar surface area (TPSA) is 76.4 Å². The summed E-state index contributed by atoms with van der Waals surface area (Å²) in [7, 11) is 1.58. The number of hydrogen-bond donors (Lipinski definition) is 2. The first-order valence-corrected chi connectivity index (χ1v) is 7.16. The van der Waals surface area contributed by atoms with Crippen LogP contribution in [0.3, 0.4) is 0 Å². The predicted molar refractivity (Wildman–Crippen MR) is 84.0 cm³/mol. The van der Waals surface area contributed by atoms with Crippen LogP contribution >= 0.6 is 0 Å². The fraction of sp³-hybridized carbons (Fsp3) is 0.125. The molecule has 0 saturated heterocycles. The molecule has 0 saturated carbocycles. The zero-order chi connectivity index (χ0) is 19.1. The second kappa shape index (κ2) is 6.21. The lowest BCUT2D eigenvalue weighted by molar-refractivity contribution is -0.274. The second-order valence-corrected chi connectivity index (χ2v) is 5.32. The van der Waals surface area contributed by atoms with Crippen LogP contribution in [0, 0.1) is 5.82 Å². The lowest BCUT2D eigenvalue weighted by Gasteiger charge is -2.10. The van der Waals surface area contributed by atoms with E-state index < -0.39 is 23.7 Å². The highest BCUT2D eigenvalue weighted by atomic mass is 19.4. The molecule has 1 heterocycles. The van der Waals surface area contributed by atoms with E-state index in [2.05, 4.69) is 15.0 Å². The van der Waals surface area contributed by atoms with Crippen molar-refractivity contribution in [2.24, 2.45) is 7.05 Å². The van der Waals surface area contributed by atoms with Crippen LogP contribution in [0.15, 0.2) is 36.4 Å². The Kier molecular flexibility index (Phi) is 4.18. The molecular weight excluding hydrogens is 358 g/mol. The van der Waals surface area contributed by atoms with Gasteiger partial charge in [-0.2, -0.15) is 0 Å². The van der Waals surface area contributed by atoms with Crippen molar-refractivity contribution in [1.82, 2.24) is 9.55 Å². The number of carboxylic acid groups (broad SMARTS) is 1. The fourth-order valence-electron chi connectivity index (χ4n) is 2.36. The summed E-state index contributed by atoms with van der Waals surface area (Å²) < 4.78 is 55.6. The Labute approximate surface area is 143 Å². The number of nitrogens with zero attached hydrogens (tertiary/aromatic N) is 2. The number of halogens is 4. The summed E-state index contributed by atoms with van der Waals surface area (Å²) in [6, 6.07) is 7.12. The quantitative estimate of drug-likeness (QED) is 0.679. The molecule has 136 valence electrons. The van der Waals surface area contributed by atoms with Gasteiger partial charge in [-0.3, -0.25) is 0 Å². The molecule has 0 atom stereocenters. The summed E-state index contributed by atoms with van der Waals surface area (Å²) in [5.74, 6) is -2.43. The fourth-order valence-corrected chi connectivity index (χ4v) is 2.36. The minimum absolute atomic E-state index is 0.255. The van der Waals surface area contributed by atoms with E-state index in [1.54, 1.807) is 7.05 Å². The number of carboxylic acids is 1. The molecule has 26 heavy (non-hydrogen) atoms. The van der Waals surface area contributed by atoms with Crippen LogP contribution in [0.4, 0.5) is 29.2 Å². The van der Waals surface area contributed by atoms with Gasteiger partial charge in [-0.15, -0.1) is 13.2 Å². The molecule has 2 N–H and O–H groups in total. The third kappa shape index (κ3) is 3.53. The SMILES string of the molecule is Cn1c(Nc2ccc(OC(F)(F)F)cc2)nc2cc(C(=O)O)c(F)cc21. The van der Waals surface area contributed by atoms with E-state index in [0.717, 1.165) is 24.3 Å². The number of rotatable bonds is 4. The van der Waals surface area contributed by atoms with Crippen LogP contribution < -0.4 is 10.1 Å². The molecule has 3 rings (SSSR count). The molecule has 1 aromatic heterocycles. The maximum atomic E-state index is 13.8. The second-order valence-electron chi connectivity index (χ2n) is 5.32. The minimum Gasteiger partial charge on any atom is -0.478 e. The van der Waals surface area contributed by atoms with Crippen molar-refractivity contribution in [3.05, 3.63) is 47.8 Å². The number of ether oxygens (including phenoxy) is 1. The number of aromatic nitrogens is 2. The van der Waals surface area contributed by atoms with Crippen LogP contribution in [-0.4, -0.2) is 27.0 Å². The number of carbonyl (C=O) groups is 1. The Balaban J connectivity index is 1.89. The van der Waals surface area contributed by atoms with Gasteiger partial charge >= 0.3 is 12.3 Å². The van der Waals surface area contributed by atoms with E-state index in [-0.39, 0.29) is 17.2 Å². The van der Waals surface area contributed by atoms with Crippen molar-refractivity contribution in [1.29, 1.82) is 0 Å². The van der Waals surface area contributed by atoms with Crippen LogP contribution in [-0.2, 0) is 7.05 Å². The zero-order valence-corrected chi connectivity index (χ0v) is 13.1. The van der Waals surface area contributed by atoms with Crippen molar-refractivity contribution < 1.29 is 32.2 Å². The Morgan fingerprint density at radius 3 is 2.46 bits per heavy atom. The molecule has 3 aromatic rings. The molecule has 0 unspecified atom stereocenters. The highest BCUT2D eigenvalue weighted by Gasteiger charge is 2.31. The van der Waals surface area contributed by atoms with Gasteiger partial charge in [0.05, 0.1) is 16.6 Å². The normalized spacial score (nSPS) is 11.6. The van der Waals surface area contributed by atoms with Gasteiger partial charge < -0.3 is 19.7 Å². The average molecular weight is 369 g/mol. The van der Waals surface area contributed by atoms with Crippen LogP contribution in [0.2, 0.25) is 0 Å². The van der Waals surface area contributed by atoms with Gasteiger partial charge in [-0.05, 0) is 30.3 Å². The minimum atomic E-state index is -4.78. The first kappa shape index (κ1) is 17.5. The van der Waals surface area contributed by atoms with E-state index in [0.29, 0.717) is 11.2 Å². The first-order chi connectivity index (χ1) is 12.1. The van der Waals surface area contributed by atoms with Crippen LogP contribution in [0.1, 0.15) is 10.4 Å². The largest absolute Gasteiger partial charge is 0.573 e. The van der Waals surface area contributed by atoms with Gasteiger partial charge in [0, 0.05) is 18.8 Å². The number of aryl methyl sites for hydroxylation is 1. The molecular formula is C16H11F4N3O3. The van der Waals surface area contributed by atoms with Crippen molar-refractivity contribution in [3.8, 4) is 5.75 Å². The van der Waals surface area contributed by atoms with Crippen molar-refractivity contribution in [2.45, 2.75) is 6.36 Å². The molecule has 0 spiro atoms. The highest BCUT2D eigenvalue weighted by molar-refractivity contribution is 5.93. The zero-order valence-electron chi connectivity index (χ0n) is 13.1. The van der Waals surface area contributed by atoms with E-state index in [1.807, 2.05) is 0 Å². The molecule has 0 fully saturated rings. The van der Waals surface area contributed by atoms with E-state index >= 15 is 0 Å². The van der Waals surface area contributed by atoms with Crippen LogP contribution in [0.5, 0.6) is 5.75 Å². The van der Waals surface area contributed by atoms with Crippen LogP contribution in [0.25, 0.3) is 11.0 Å². The maximum absolute atomic E-state index is 13.8. The van der Waals surface area contributed by atoms with Crippen molar-refractivity contribution >= 4 is 28.6 Å². The average Bonchev–Trinajstić information content (AvgIpc) is 2.83. The molecule has 6 nitrogen and oxygen atoms in total. The Morgan fingerprint density at radius 2 is 1.88 bits per heavy atom. The molecule has 0 bridgehead atoms. The van der Waals surface area contributed by atoms with E-state index in [1.165, 1.54) is 16.7 Å². The monoisotopic (exact) mass is 369 g/mol. The van der Waals surface area contributed by atoms with E-state index in [4.69, 9.17) is 5.11 Å². The van der Waals surface area contributed by atoms with Gasteiger partial charge in [0.2, 0.25) is 5.95 Å². The van der Waals surface area contributed by atoms with Gasteiger partial charge in [-0.25, -0.2) is 14.2 Å². The van der Waals surface area contributed by atoms with Gasteiger partial charge in [-0.1, -0.05) is 0 Å². The number of nitrogens with one attached hydrogen (secondary N) is 1. The number of alkyl halides is 3. The molecule has 0 aliphatic rings. The number of imidazole rings is 1. The molecule has 2 aromatic carbocycles. The number of benzene rings is 2. The Bertz CT molecular complexity index is 981. The lowest BCUT2D eigenvalue weighted by atomic mass is 10.2. The maximum Gasteiger partial charge on any atom is 0.573 e.